The molecule has 2 heterocycles. The molecule has 0 aliphatic heterocycles. The summed E-state index contributed by atoms with van der Waals surface area (Å²) in [6, 6.07) is 7.14. The summed E-state index contributed by atoms with van der Waals surface area (Å²) in [5.41, 5.74) is 0.863. The fourth-order valence-electron chi connectivity index (χ4n) is 3.46. The number of halogens is 1. The maximum absolute atomic E-state index is 13.0. The zero-order valence-corrected chi connectivity index (χ0v) is 15.8. The van der Waals surface area contributed by atoms with Crippen LogP contribution in [0.4, 0.5) is 0 Å². The first-order valence-corrected chi connectivity index (χ1v) is 9.18. The van der Waals surface area contributed by atoms with Crippen LogP contribution in [0.2, 0.25) is 5.02 Å². The molecule has 0 bridgehead atoms. The highest BCUT2D eigenvalue weighted by Crippen LogP contribution is 2.37. The standard InChI is InChI=1S/C18H19ClN6O2/c1-11-15(23-25(22-11)14-7-5-6-13(19)10-14)16(26)21-18(8-3-4-9-18)17-20-12(2)27-24-17/h5-7,10H,3-4,8-9H2,1-2H3,(H,21,26). The van der Waals surface area contributed by atoms with Crippen LogP contribution in [0.25, 0.3) is 5.69 Å². The zero-order valence-electron chi connectivity index (χ0n) is 15.1. The van der Waals surface area contributed by atoms with Gasteiger partial charge in [-0.15, -0.1) is 5.10 Å². The minimum atomic E-state index is -0.624. The second-order valence-corrected chi connectivity index (χ2v) is 7.22. The van der Waals surface area contributed by atoms with Crippen LogP contribution < -0.4 is 5.32 Å². The number of amides is 1. The Morgan fingerprint density at radius 3 is 2.70 bits per heavy atom. The Morgan fingerprint density at radius 1 is 1.26 bits per heavy atom. The fraction of sp³-hybridized carbons (Fsp3) is 0.389. The van der Waals surface area contributed by atoms with E-state index in [0.717, 1.165) is 25.7 Å². The maximum Gasteiger partial charge on any atom is 0.274 e. The largest absolute Gasteiger partial charge is 0.340 e. The summed E-state index contributed by atoms with van der Waals surface area (Å²) in [5.74, 6) is 0.699. The quantitative estimate of drug-likeness (QED) is 0.739. The number of carbonyl (C=O) groups is 1. The summed E-state index contributed by atoms with van der Waals surface area (Å²) in [5, 5.41) is 16.4. The van der Waals surface area contributed by atoms with Gasteiger partial charge in [0.2, 0.25) is 5.89 Å². The van der Waals surface area contributed by atoms with Gasteiger partial charge in [-0.1, -0.05) is 35.7 Å². The number of hydrogen-bond donors (Lipinski definition) is 1. The van der Waals surface area contributed by atoms with Gasteiger partial charge < -0.3 is 9.84 Å². The Bertz CT molecular complexity index is 989. The number of aryl methyl sites for hydroxylation is 2. The van der Waals surface area contributed by atoms with Crippen molar-refractivity contribution in [1.29, 1.82) is 0 Å². The molecule has 0 atom stereocenters. The van der Waals surface area contributed by atoms with Gasteiger partial charge in [0.1, 0.15) is 5.54 Å². The third-order valence-electron chi connectivity index (χ3n) is 4.80. The number of nitrogens with one attached hydrogen (secondary N) is 1. The van der Waals surface area contributed by atoms with Crippen molar-refractivity contribution in [3.8, 4) is 5.69 Å². The molecule has 1 aromatic carbocycles. The molecule has 0 radical (unpaired) electrons. The van der Waals surface area contributed by atoms with Crippen LogP contribution in [-0.2, 0) is 5.54 Å². The lowest BCUT2D eigenvalue weighted by atomic mass is 9.96. The number of aromatic nitrogens is 5. The highest BCUT2D eigenvalue weighted by Gasteiger charge is 2.42. The molecule has 0 saturated heterocycles. The summed E-state index contributed by atoms with van der Waals surface area (Å²) >= 11 is 6.03. The molecule has 27 heavy (non-hydrogen) atoms. The lowest BCUT2D eigenvalue weighted by Gasteiger charge is -2.26. The number of rotatable bonds is 4. The Balaban J connectivity index is 1.63. The Morgan fingerprint density at radius 2 is 2.04 bits per heavy atom. The smallest absolute Gasteiger partial charge is 0.274 e. The van der Waals surface area contributed by atoms with Crippen molar-refractivity contribution in [2.45, 2.75) is 45.1 Å². The summed E-state index contributed by atoms with van der Waals surface area (Å²) in [6.07, 6.45) is 3.50. The molecular weight excluding hydrogens is 368 g/mol. The van der Waals surface area contributed by atoms with Crippen LogP contribution in [-0.4, -0.2) is 31.0 Å². The van der Waals surface area contributed by atoms with Gasteiger partial charge >= 0.3 is 0 Å². The molecule has 1 fully saturated rings. The molecule has 1 aliphatic rings. The summed E-state index contributed by atoms with van der Waals surface area (Å²) in [4.78, 5) is 18.7. The molecule has 1 N–H and O–H groups in total. The first-order valence-electron chi connectivity index (χ1n) is 8.80. The molecule has 0 spiro atoms. The van der Waals surface area contributed by atoms with Gasteiger partial charge in [0.15, 0.2) is 11.5 Å². The van der Waals surface area contributed by atoms with Crippen molar-refractivity contribution >= 4 is 17.5 Å². The van der Waals surface area contributed by atoms with Crippen molar-refractivity contribution in [3.63, 3.8) is 0 Å². The first kappa shape index (κ1) is 17.7. The van der Waals surface area contributed by atoms with E-state index in [2.05, 4.69) is 25.7 Å². The minimum Gasteiger partial charge on any atom is -0.340 e. The number of nitrogens with zero attached hydrogens (tertiary/aromatic N) is 5. The Kier molecular flexibility index (Phi) is 4.43. The van der Waals surface area contributed by atoms with Gasteiger partial charge in [-0.2, -0.15) is 14.9 Å². The van der Waals surface area contributed by atoms with Crippen molar-refractivity contribution in [3.05, 3.63) is 52.4 Å². The summed E-state index contributed by atoms with van der Waals surface area (Å²) in [7, 11) is 0. The van der Waals surface area contributed by atoms with Crippen LogP contribution in [0.5, 0.6) is 0 Å². The zero-order chi connectivity index (χ0) is 19.0. The normalized spacial score (nSPS) is 15.8. The molecule has 1 saturated carbocycles. The molecule has 2 aromatic heterocycles. The number of benzene rings is 1. The van der Waals surface area contributed by atoms with Gasteiger partial charge in [0.25, 0.3) is 5.91 Å². The number of carbonyl (C=O) groups excluding carboxylic acids is 1. The van der Waals surface area contributed by atoms with Crippen LogP contribution in [0.3, 0.4) is 0 Å². The monoisotopic (exact) mass is 386 g/mol. The van der Waals surface area contributed by atoms with Gasteiger partial charge in [0.05, 0.1) is 11.4 Å². The second-order valence-electron chi connectivity index (χ2n) is 6.78. The third-order valence-corrected chi connectivity index (χ3v) is 5.04. The Labute approximate surface area is 160 Å². The van der Waals surface area contributed by atoms with Crippen LogP contribution in [0, 0.1) is 13.8 Å². The molecule has 140 valence electrons. The SMILES string of the molecule is Cc1nc(C2(NC(=O)c3nn(-c4cccc(Cl)c4)nc3C)CCCC2)no1. The predicted molar refractivity (Wildman–Crippen MR) is 97.8 cm³/mol. The third kappa shape index (κ3) is 3.32. The topological polar surface area (TPSA) is 98.7 Å². The van der Waals surface area contributed by atoms with Gasteiger partial charge in [-0.25, -0.2) is 0 Å². The van der Waals surface area contributed by atoms with Crippen LogP contribution >= 0.6 is 11.6 Å². The van der Waals surface area contributed by atoms with E-state index in [0.29, 0.717) is 28.1 Å². The van der Waals surface area contributed by atoms with Crippen LogP contribution in [0.15, 0.2) is 28.8 Å². The highest BCUT2D eigenvalue weighted by atomic mass is 35.5. The lowest BCUT2D eigenvalue weighted by molar-refractivity contribution is 0.0885. The lowest BCUT2D eigenvalue weighted by Crippen LogP contribution is -2.45. The average molecular weight is 387 g/mol. The van der Waals surface area contributed by atoms with E-state index in [1.54, 1.807) is 26.0 Å². The van der Waals surface area contributed by atoms with Gasteiger partial charge in [-0.3, -0.25) is 4.79 Å². The van der Waals surface area contributed by atoms with E-state index < -0.39 is 5.54 Å². The summed E-state index contributed by atoms with van der Waals surface area (Å²) in [6.45, 7) is 3.49. The van der Waals surface area contributed by atoms with E-state index in [4.69, 9.17) is 16.1 Å². The molecule has 3 aromatic rings. The average Bonchev–Trinajstić information content (AvgIpc) is 3.35. The fourth-order valence-corrected chi connectivity index (χ4v) is 3.64. The minimum absolute atomic E-state index is 0.265. The molecule has 9 heteroatoms. The molecule has 1 amide bonds. The van der Waals surface area contributed by atoms with E-state index in [-0.39, 0.29) is 11.6 Å². The molecule has 8 nitrogen and oxygen atoms in total. The van der Waals surface area contributed by atoms with E-state index in [1.807, 2.05) is 12.1 Å². The van der Waals surface area contributed by atoms with Gasteiger partial charge in [-0.05, 0) is 38.0 Å². The summed E-state index contributed by atoms with van der Waals surface area (Å²) < 4.78 is 5.13. The van der Waals surface area contributed by atoms with Crippen molar-refractivity contribution in [1.82, 2.24) is 30.5 Å². The molecule has 0 unspecified atom stereocenters. The van der Waals surface area contributed by atoms with Crippen molar-refractivity contribution < 1.29 is 9.32 Å². The van der Waals surface area contributed by atoms with Crippen LogP contribution in [0.1, 0.15) is 53.6 Å². The maximum atomic E-state index is 13.0. The van der Waals surface area contributed by atoms with E-state index in [1.165, 1.54) is 4.80 Å². The predicted octanol–water partition coefficient (Wildman–Crippen LogP) is 3.12. The molecule has 4 rings (SSSR count). The van der Waals surface area contributed by atoms with E-state index >= 15 is 0 Å². The first-order chi connectivity index (χ1) is 13.0. The van der Waals surface area contributed by atoms with Crippen molar-refractivity contribution in [2.75, 3.05) is 0 Å². The second kappa shape index (κ2) is 6.77. The molecule has 1 aliphatic carbocycles. The van der Waals surface area contributed by atoms with E-state index in [9.17, 15) is 4.79 Å². The molecular formula is C18H19ClN6O2. The van der Waals surface area contributed by atoms with Crippen molar-refractivity contribution in [2.24, 2.45) is 0 Å². The van der Waals surface area contributed by atoms with Gasteiger partial charge in [0, 0.05) is 11.9 Å². The highest BCUT2D eigenvalue weighted by molar-refractivity contribution is 6.30. The number of hydrogen-bond acceptors (Lipinski definition) is 6. The Hall–Kier alpha value is -2.74.